The van der Waals surface area contributed by atoms with E-state index in [0.29, 0.717) is 6.54 Å². The van der Waals surface area contributed by atoms with Gasteiger partial charge in [-0.2, -0.15) is 5.10 Å². The minimum absolute atomic E-state index is 0.686. The number of hydrogen-bond donors (Lipinski definition) is 1. The van der Waals surface area contributed by atoms with Gasteiger partial charge in [0.2, 0.25) is 0 Å². The number of aromatic nitrogens is 4. The van der Waals surface area contributed by atoms with Gasteiger partial charge in [-0.15, -0.1) is 0 Å². The largest absolute Gasteiger partial charge is 0.330 e. The van der Waals surface area contributed by atoms with E-state index >= 15 is 0 Å². The van der Waals surface area contributed by atoms with Crippen molar-refractivity contribution >= 4 is 5.65 Å². The van der Waals surface area contributed by atoms with Crippen LogP contribution in [0.1, 0.15) is 12.1 Å². The van der Waals surface area contributed by atoms with Gasteiger partial charge in [0, 0.05) is 23.7 Å². The van der Waals surface area contributed by atoms with Gasteiger partial charge in [-0.25, -0.2) is 9.50 Å². The molecule has 5 nitrogen and oxygen atoms in total. The van der Waals surface area contributed by atoms with Crippen LogP contribution in [-0.4, -0.2) is 26.1 Å². The molecule has 0 bridgehead atoms. The van der Waals surface area contributed by atoms with E-state index in [1.807, 2.05) is 30.6 Å². The second-order valence-corrected chi connectivity index (χ2v) is 4.38. The van der Waals surface area contributed by atoms with E-state index in [4.69, 9.17) is 5.73 Å². The van der Waals surface area contributed by atoms with Crippen LogP contribution in [0.15, 0.2) is 43.0 Å². The normalized spacial score (nSPS) is 11.0. The van der Waals surface area contributed by atoms with Crippen molar-refractivity contribution in [1.82, 2.24) is 19.6 Å². The maximum atomic E-state index is 5.54. The average molecular weight is 253 g/mol. The third-order valence-corrected chi connectivity index (χ3v) is 3.07. The summed E-state index contributed by atoms with van der Waals surface area (Å²) in [5.74, 6) is 0. The molecule has 0 saturated carbocycles. The fraction of sp³-hybridized carbons (Fsp3) is 0.214. The van der Waals surface area contributed by atoms with E-state index in [-0.39, 0.29) is 0 Å². The Labute approximate surface area is 111 Å². The average Bonchev–Trinajstić information content (AvgIpc) is 2.93. The maximum absolute atomic E-state index is 5.54. The Balaban J connectivity index is 2.03. The van der Waals surface area contributed by atoms with Crippen molar-refractivity contribution in [2.45, 2.75) is 12.8 Å². The lowest BCUT2D eigenvalue weighted by molar-refractivity contribution is 0.811. The van der Waals surface area contributed by atoms with Crippen LogP contribution in [0.3, 0.4) is 0 Å². The van der Waals surface area contributed by atoms with Crippen molar-refractivity contribution in [2.24, 2.45) is 5.73 Å². The summed E-state index contributed by atoms with van der Waals surface area (Å²) in [6.07, 6.45) is 7.14. The van der Waals surface area contributed by atoms with Gasteiger partial charge in [0.1, 0.15) is 6.33 Å². The summed E-state index contributed by atoms with van der Waals surface area (Å²) in [6, 6.07) is 8.11. The van der Waals surface area contributed by atoms with Crippen LogP contribution in [0, 0.1) is 0 Å². The second kappa shape index (κ2) is 5.16. The Kier molecular flexibility index (Phi) is 3.20. The molecular formula is C14H15N5. The lowest BCUT2D eigenvalue weighted by Gasteiger charge is -2.05. The number of pyridine rings is 2. The van der Waals surface area contributed by atoms with Crippen molar-refractivity contribution < 1.29 is 0 Å². The van der Waals surface area contributed by atoms with E-state index in [1.54, 1.807) is 10.8 Å². The smallest absolute Gasteiger partial charge is 0.163 e. The van der Waals surface area contributed by atoms with Gasteiger partial charge >= 0.3 is 0 Å². The van der Waals surface area contributed by atoms with E-state index in [9.17, 15) is 0 Å². The van der Waals surface area contributed by atoms with E-state index in [0.717, 1.165) is 35.3 Å². The first-order chi connectivity index (χ1) is 9.38. The van der Waals surface area contributed by atoms with Gasteiger partial charge in [0.25, 0.3) is 0 Å². The standard InChI is InChI=1S/C14H15N5/c15-6-1-3-12-9-11(5-7-16-12)13-4-2-8-19-14(13)17-10-18-19/h2,4-5,7-10H,1,3,6,15H2. The fourth-order valence-electron chi connectivity index (χ4n) is 2.14. The molecule has 0 unspecified atom stereocenters. The predicted octanol–water partition coefficient (Wildman–Crippen LogP) is 1.68. The van der Waals surface area contributed by atoms with E-state index in [2.05, 4.69) is 21.1 Å². The molecule has 0 radical (unpaired) electrons. The summed E-state index contributed by atoms with van der Waals surface area (Å²) < 4.78 is 1.77. The van der Waals surface area contributed by atoms with Gasteiger partial charge in [0.05, 0.1) is 0 Å². The zero-order chi connectivity index (χ0) is 13.1. The molecule has 19 heavy (non-hydrogen) atoms. The molecule has 5 heteroatoms. The number of fused-ring (bicyclic) bond motifs is 1. The summed E-state index contributed by atoms with van der Waals surface area (Å²) in [6.45, 7) is 0.686. The van der Waals surface area contributed by atoms with Crippen molar-refractivity contribution in [1.29, 1.82) is 0 Å². The van der Waals surface area contributed by atoms with Gasteiger partial charge in [-0.1, -0.05) is 0 Å². The zero-order valence-electron chi connectivity index (χ0n) is 10.5. The molecule has 0 atom stereocenters. The number of nitrogens with zero attached hydrogens (tertiary/aromatic N) is 4. The first-order valence-electron chi connectivity index (χ1n) is 6.32. The lowest BCUT2D eigenvalue weighted by Crippen LogP contribution is -2.01. The highest BCUT2D eigenvalue weighted by atomic mass is 15.3. The Morgan fingerprint density at radius 1 is 1.21 bits per heavy atom. The van der Waals surface area contributed by atoms with E-state index in [1.165, 1.54) is 0 Å². The Morgan fingerprint density at radius 3 is 3.05 bits per heavy atom. The number of nitrogens with two attached hydrogens (primary N) is 1. The van der Waals surface area contributed by atoms with Gasteiger partial charge in [0.15, 0.2) is 5.65 Å². The molecule has 3 rings (SSSR count). The lowest BCUT2D eigenvalue weighted by atomic mass is 10.1. The van der Waals surface area contributed by atoms with Crippen molar-refractivity contribution in [3.8, 4) is 11.1 Å². The van der Waals surface area contributed by atoms with Gasteiger partial charge in [-0.3, -0.25) is 4.98 Å². The minimum Gasteiger partial charge on any atom is -0.330 e. The molecule has 0 amide bonds. The molecule has 0 aliphatic carbocycles. The molecule has 0 aliphatic heterocycles. The molecule has 0 saturated heterocycles. The van der Waals surface area contributed by atoms with Gasteiger partial charge < -0.3 is 5.73 Å². The molecule has 0 aromatic carbocycles. The highest BCUT2D eigenvalue weighted by molar-refractivity contribution is 5.76. The number of aryl methyl sites for hydroxylation is 1. The molecule has 0 spiro atoms. The predicted molar refractivity (Wildman–Crippen MR) is 73.6 cm³/mol. The highest BCUT2D eigenvalue weighted by Gasteiger charge is 2.06. The molecule has 0 aliphatic rings. The SMILES string of the molecule is NCCCc1cc(-c2cccn3ncnc23)ccn1. The molecule has 0 fully saturated rings. The first-order valence-corrected chi connectivity index (χ1v) is 6.32. The molecule has 3 aromatic heterocycles. The summed E-state index contributed by atoms with van der Waals surface area (Å²) in [7, 11) is 0. The topological polar surface area (TPSA) is 69.1 Å². The van der Waals surface area contributed by atoms with Crippen molar-refractivity contribution in [3.05, 3.63) is 48.7 Å². The number of rotatable bonds is 4. The van der Waals surface area contributed by atoms with Crippen LogP contribution in [-0.2, 0) is 6.42 Å². The molecule has 3 heterocycles. The monoisotopic (exact) mass is 253 g/mol. The van der Waals surface area contributed by atoms with Crippen molar-refractivity contribution in [2.75, 3.05) is 6.54 Å². The second-order valence-electron chi connectivity index (χ2n) is 4.38. The van der Waals surface area contributed by atoms with E-state index < -0.39 is 0 Å². The first kappa shape index (κ1) is 11.8. The molecule has 3 aromatic rings. The van der Waals surface area contributed by atoms with Crippen LogP contribution >= 0.6 is 0 Å². The highest BCUT2D eigenvalue weighted by Crippen LogP contribution is 2.23. The summed E-state index contributed by atoms with van der Waals surface area (Å²) in [5, 5.41) is 4.15. The van der Waals surface area contributed by atoms with Crippen LogP contribution < -0.4 is 5.73 Å². The number of hydrogen-bond acceptors (Lipinski definition) is 4. The van der Waals surface area contributed by atoms with Crippen LogP contribution in [0.2, 0.25) is 0 Å². The Bertz CT molecular complexity index is 689. The Morgan fingerprint density at radius 2 is 2.16 bits per heavy atom. The van der Waals surface area contributed by atoms with Gasteiger partial charge in [-0.05, 0) is 49.2 Å². The molecule has 96 valence electrons. The third kappa shape index (κ3) is 2.32. The third-order valence-electron chi connectivity index (χ3n) is 3.07. The summed E-state index contributed by atoms with van der Waals surface area (Å²) in [5.41, 5.74) is 9.63. The van der Waals surface area contributed by atoms with Crippen molar-refractivity contribution in [3.63, 3.8) is 0 Å². The van der Waals surface area contributed by atoms with Crippen LogP contribution in [0.4, 0.5) is 0 Å². The fourth-order valence-corrected chi connectivity index (χ4v) is 2.14. The Hall–Kier alpha value is -2.27. The summed E-state index contributed by atoms with van der Waals surface area (Å²) in [4.78, 5) is 8.67. The summed E-state index contributed by atoms with van der Waals surface area (Å²) >= 11 is 0. The molecular weight excluding hydrogens is 238 g/mol. The zero-order valence-corrected chi connectivity index (χ0v) is 10.5. The minimum atomic E-state index is 0.686. The molecule has 2 N–H and O–H groups in total. The van der Waals surface area contributed by atoms with Crippen LogP contribution in [0.25, 0.3) is 16.8 Å². The quantitative estimate of drug-likeness (QED) is 0.768. The maximum Gasteiger partial charge on any atom is 0.163 e. The van der Waals surface area contributed by atoms with Crippen LogP contribution in [0.5, 0.6) is 0 Å².